The zero-order valence-electron chi connectivity index (χ0n) is 13.0. The lowest BCUT2D eigenvalue weighted by Crippen LogP contribution is -2.31. The van der Waals surface area contributed by atoms with Gasteiger partial charge in [-0.3, -0.25) is 4.79 Å². The molecule has 0 spiro atoms. The van der Waals surface area contributed by atoms with Gasteiger partial charge in [0.2, 0.25) is 0 Å². The van der Waals surface area contributed by atoms with Crippen LogP contribution >= 0.6 is 11.6 Å². The van der Waals surface area contributed by atoms with Crippen molar-refractivity contribution in [1.29, 1.82) is 0 Å². The zero-order valence-corrected chi connectivity index (χ0v) is 13.8. The van der Waals surface area contributed by atoms with Gasteiger partial charge in [-0.15, -0.1) is 0 Å². The molecule has 0 aliphatic carbocycles. The Morgan fingerprint density at radius 1 is 1.18 bits per heavy atom. The molecule has 2 aromatic rings. The second kappa shape index (κ2) is 7.32. The molecular formula is C18H20ClNO2. The third kappa shape index (κ3) is 4.25. The van der Waals surface area contributed by atoms with Crippen molar-refractivity contribution in [2.45, 2.75) is 26.8 Å². The minimum absolute atomic E-state index is 0.0166. The van der Waals surface area contributed by atoms with Crippen LogP contribution in [0.3, 0.4) is 0 Å². The number of rotatable bonds is 5. The Morgan fingerprint density at radius 2 is 1.91 bits per heavy atom. The van der Waals surface area contributed by atoms with Crippen LogP contribution in [0.4, 0.5) is 0 Å². The molecule has 22 heavy (non-hydrogen) atoms. The first-order chi connectivity index (χ1) is 10.5. The fraction of sp³-hybridized carbons (Fsp3) is 0.278. The first-order valence-corrected chi connectivity index (χ1v) is 7.59. The van der Waals surface area contributed by atoms with Crippen molar-refractivity contribution in [2.24, 2.45) is 0 Å². The number of hydrogen-bond donors (Lipinski definition) is 1. The average molecular weight is 318 g/mol. The van der Waals surface area contributed by atoms with Crippen LogP contribution in [0, 0.1) is 13.8 Å². The molecule has 0 aliphatic heterocycles. The minimum Gasteiger partial charge on any atom is -0.484 e. The van der Waals surface area contributed by atoms with Gasteiger partial charge >= 0.3 is 0 Å². The number of amides is 1. The van der Waals surface area contributed by atoms with E-state index < -0.39 is 0 Å². The van der Waals surface area contributed by atoms with E-state index >= 15 is 0 Å². The van der Waals surface area contributed by atoms with Crippen LogP contribution in [0.25, 0.3) is 0 Å². The van der Waals surface area contributed by atoms with Crippen LogP contribution in [0.15, 0.2) is 42.5 Å². The van der Waals surface area contributed by atoms with Gasteiger partial charge in [-0.05, 0) is 55.7 Å². The van der Waals surface area contributed by atoms with E-state index in [9.17, 15) is 4.79 Å². The fourth-order valence-corrected chi connectivity index (χ4v) is 2.41. The standard InChI is InChI=1S/C18H20ClNO2/c1-12-6-4-5-7-16(12)14(3)20-18(21)11-22-15-8-9-17(19)13(2)10-15/h4-10,14H,11H2,1-3H3,(H,20,21). The smallest absolute Gasteiger partial charge is 0.258 e. The van der Waals surface area contributed by atoms with Crippen molar-refractivity contribution in [2.75, 3.05) is 6.61 Å². The first kappa shape index (κ1) is 16.4. The number of nitrogens with one attached hydrogen (secondary N) is 1. The summed E-state index contributed by atoms with van der Waals surface area (Å²) in [5.74, 6) is 0.490. The van der Waals surface area contributed by atoms with Gasteiger partial charge in [-0.1, -0.05) is 35.9 Å². The summed E-state index contributed by atoms with van der Waals surface area (Å²) < 4.78 is 5.50. The number of aryl methyl sites for hydroxylation is 2. The van der Waals surface area contributed by atoms with E-state index in [1.54, 1.807) is 12.1 Å². The highest BCUT2D eigenvalue weighted by Crippen LogP contribution is 2.21. The molecule has 1 amide bonds. The maximum Gasteiger partial charge on any atom is 0.258 e. The summed E-state index contributed by atoms with van der Waals surface area (Å²) in [4.78, 5) is 12.0. The number of halogens is 1. The summed E-state index contributed by atoms with van der Waals surface area (Å²) in [5.41, 5.74) is 3.19. The molecule has 0 aromatic heterocycles. The van der Waals surface area contributed by atoms with E-state index in [0.29, 0.717) is 10.8 Å². The maximum absolute atomic E-state index is 12.0. The SMILES string of the molecule is Cc1cc(OCC(=O)NC(C)c2ccccc2C)ccc1Cl. The van der Waals surface area contributed by atoms with Gasteiger partial charge in [0.15, 0.2) is 6.61 Å². The molecule has 4 heteroatoms. The molecule has 0 saturated carbocycles. The van der Waals surface area contributed by atoms with Crippen molar-refractivity contribution in [3.63, 3.8) is 0 Å². The van der Waals surface area contributed by atoms with E-state index in [1.807, 2.05) is 51.1 Å². The number of carbonyl (C=O) groups excluding carboxylic acids is 1. The molecule has 0 saturated heterocycles. The molecule has 3 nitrogen and oxygen atoms in total. The topological polar surface area (TPSA) is 38.3 Å². The van der Waals surface area contributed by atoms with Gasteiger partial charge < -0.3 is 10.1 Å². The third-order valence-corrected chi connectivity index (χ3v) is 3.96. The summed E-state index contributed by atoms with van der Waals surface area (Å²) in [7, 11) is 0. The summed E-state index contributed by atoms with van der Waals surface area (Å²) >= 11 is 5.96. The second-order valence-corrected chi connectivity index (χ2v) is 5.75. The molecule has 2 aromatic carbocycles. The van der Waals surface area contributed by atoms with Gasteiger partial charge in [0, 0.05) is 5.02 Å². The van der Waals surface area contributed by atoms with Crippen molar-refractivity contribution in [3.8, 4) is 5.75 Å². The van der Waals surface area contributed by atoms with Crippen LogP contribution < -0.4 is 10.1 Å². The Morgan fingerprint density at radius 3 is 2.59 bits per heavy atom. The average Bonchev–Trinajstić information content (AvgIpc) is 2.49. The number of carbonyl (C=O) groups is 1. The molecule has 1 atom stereocenters. The second-order valence-electron chi connectivity index (χ2n) is 5.35. The van der Waals surface area contributed by atoms with E-state index in [2.05, 4.69) is 5.32 Å². The van der Waals surface area contributed by atoms with Gasteiger partial charge in [-0.2, -0.15) is 0 Å². The maximum atomic E-state index is 12.0. The molecule has 0 heterocycles. The Labute approximate surface area is 136 Å². The molecule has 1 N–H and O–H groups in total. The fourth-order valence-electron chi connectivity index (χ4n) is 2.29. The zero-order chi connectivity index (χ0) is 16.1. The van der Waals surface area contributed by atoms with Gasteiger partial charge in [0.1, 0.15) is 5.75 Å². The number of hydrogen-bond acceptors (Lipinski definition) is 2. The molecule has 0 bridgehead atoms. The molecular weight excluding hydrogens is 298 g/mol. The number of ether oxygens (including phenoxy) is 1. The van der Waals surface area contributed by atoms with Crippen LogP contribution in [0.2, 0.25) is 5.02 Å². The molecule has 0 aliphatic rings. The Balaban J connectivity index is 1.90. The monoisotopic (exact) mass is 317 g/mol. The van der Waals surface area contributed by atoms with E-state index in [4.69, 9.17) is 16.3 Å². The highest BCUT2D eigenvalue weighted by molar-refractivity contribution is 6.31. The third-order valence-electron chi connectivity index (χ3n) is 3.53. The summed E-state index contributed by atoms with van der Waals surface area (Å²) in [6.45, 7) is 5.88. The van der Waals surface area contributed by atoms with E-state index in [1.165, 1.54) is 0 Å². The van der Waals surface area contributed by atoms with Gasteiger partial charge in [0.05, 0.1) is 6.04 Å². The van der Waals surface area contributed by atoms with E-state index in [0.717, 1.165) is 16.7 Å². The van der Waals surface area contributed by atoms with Crippen LogP contribution in [-0.2, 0) is 4.79 Å². The van der Waals surface area contributed by atoms with Crippen LogP contribution in [-0.4, -0.2) is 12.5 Å². The van der Waals surface area contributed by atoms with Crippen molar-refractivity contribution in [3.05, 3.63) is 64.2 Å². The normalized spacial score (nSPS) is 11.8. The quantitative estimate of drug-likeness (QED) is 0.897. The van der Waals surface area contributed by atoms with Crippen molar-refractivity contribution in [1.82, 2.24) is 5.32 Å². The number of benzene rings is 2. The predicted octanol–water partition coefficient (Wildman–Crippen LogP) is 4.21. The Hall–Kier alpha value is -2.00. The van der Waals surface area contributed by atoms with Crippen molar-refractivity contribution < 1.29 is 9.53 Å². The summed E-state index contributed by atoms with van der Waals surface area (Å²) in [6, 6.07) is 13.3. The highest BCUT2D eigenvalue weighted by Gasteiger charge is 2.11. The molecule has 0 fully saturated rings. The molecule has 2 rings (SSSR count). The Kier molecular flexibility index (Phi) is 5.45. The molecule has 0 radical (unpaired) electrons. The van der Waals surface area contributed by atoms with Gasteiger partial charge in [-0.25, -0.2) is 0 Å². The molecule has 1 unspecified atom stereocenters. The minimum atomic E-state index is -0.150. The van der Waals surface area contributed by atoms with Crippen LogP contribution in [0.5, 0.6) is 5.75 Å². The Bertz CT molecular complexity index is 670. The lowest BCUT2D eigenvalue weighted by molar-refractivity contribution is -0.123. The van der Waals surface area contributed by atoms with Crippen LogP contribution in [0.1, 0.15) is 29.7 Å². The summed E-state index contributed by atoms with van der Waals surface area (Å²) in [6.07, 6.45) is 0. The molecule has 116 valence electrons. The predicted molar refractivity (Wildman–Crippen MR) is 89.4 cm³/mol. The van der Waals surface area contributed by atoms with E-state index in [-0.39, 0.29) is 18.6 Å². The van der Waals surface area contributed by atoms with Gasteiger partial charge in [0.25, 0.3) is 5.91 Å². The largest absolute Gasteiger partial charge is 0.484 e. The lowest BCUT2D eigenvalue weighted by Gasteiger charge is -2.17. The van der Waals surface area contributed by atoms with Crippen molar-refractivity contribution >= 4 is 17.5 Å². The highest BCUT2D eigenvalue weighted by atomic mass is 35.5. The lowest BCUT2D eigenvalue weighted by atomic mass is 10.0. The first-order valence-electron chi connectivity index (χ1n) is 7.21. The summed E-state index contributed by atoms with van der Waals surface area (Å²) in [5, 5.41) is 3.63.